The minimum Gasteiger partial charge on any atom is -0.332 e. The van der Waals surface area contributed by atoms with Crippen molar-refractivity contribution in [1.82, 2.24) is 4.98 Å². The topological polar surface area (TPSA) is 37.0 Å². The van der Waals surface area contributed by atoms with Crippen molar-refractivity contribution in [2.24, 2.45) is 0 Å². The molecule has 1 aromatic heterocycles. The molecule has 0 atom stereocenters. The minimum atomic E-state index is -0.304. The number of nitrogens with one attached hydrogen (secondary N) is 2. The van der Waals surface area contributed by atoms with Crippen molar-refractivity contribution in [2.75, 3.05) is 10.6 Å². The Morgan fingerprint density at radius 1 is 1.06 bits per heavy atom. The van der Waals surface area contributed by atoms with Gasteiger partial charge in [-0.15, -0.1) is 0 Å². The monoisotopic (exact) mass is 247 g/mol. The van der Waals surface area contributed by atoms with Crippen LogP contribution in [0.2, 0.25) is 0 Å². The molecule has 0 saturated carbocycles. The third-order valence-electron chi connectivity index (χ3n) is 2.02. The Hall–Kier alpha value is -2.01. The van der Waals surface area contributed by atoms with E-state index in [4.69, 9.17) is 12.2 Å². The molecule has 86 valence electrons. The van der Waals surface area contributed by atoms with Gasteiger partial charge in [0.2, 0.25) is 0 Å². The van der Waals surface area contributed by atoms with Gasteiger partial charge in [-0.2, -0.15) is 0 Å². The number of pyridine rings is 1. The summed E-state index contributed by atoms with van der Waals surface area (Å²) in [6.07, 6.45) is 3.32. The zero-order valence-corrected chi connectivity index (χ0v) is 9.67. The lowest BCUT2D eigenvalue weighted by atomic mass is 10.3. The van der Waals surface area contributed by atoms with Crippen LogP contribution in [0.5, 0.6) is 0 Å². The second kappa shape index (κ2) is 5.36. The summed E-state index contributed by atoms with van der Waals surface area (Å²) >= 11 is 5.10. The zero-order chi connectivity index (χ0) is 12.1. The van der Waals surface area contributed by atoms with Crippen molar-refractivity contribution in [3.05, 3.63) is 54.6 Å². The van der Waals surface area contributed by atoms with Crippen molar-refractivity contribution >= 4 is 28.7 Å². The molecule has 2 aromatic rings. The Morgan fingerprint density at radius 2 is 1.76 bits per heavy atom. The van der Waals surface area contributed by atoms with Crippen LogP contribution in [0.15, 0.2) is 48.8 Å². The van der Waals surface area contributed by atoms with Gasteiger partial charge in [-0.3, -0.25) is 4.98 Å². The van der Waals surface area contributed by atoms with E-state index in [-0.39, 0.29) is 5.82 Å². The molecule has 1 aromatic carbocycles. The molecule has 0 radical (unpaired) electrons. The lowest BCUT2D eigenvalue weighted by Gasteiger charge is -2.10. The molecule has 0 saturated heterocycles. The predicted molar refractivity (Wildman–Crippen MR) is 70.5 cm³/mol. The first-order valence-corrected chi connectivity index (χ1v) is 5.38. The first kappa shape index (κ1) is 11.5. The Morgan fingerprint density at radius 3 is 2.47 bits per heavy atom. The van der Waals surface area contributed by atoms with Crippen LogP contribution in [0.1, 0.15) is 0 Å². The highest BCUT2D eigenvalue weighted by molar-refractivity contribution is 7.80. The quantitative estimate of drug-likeness (QED) is 0.800. The van der Waals surface area contributed by atoms with Crippen molar-refractivity contribution < 1.29 is 4.39 Å². The van der Waals surface area contributed by atoms with Gasteiger partial charge in [-0.05, 0) is 42.5 Å². The molecular formula is C12H10FN3S. The Labute approximate surface area is 104 Å². The number of hydrogen-bond donors (Lipinski definition) is 2. The minimum absolute atomic E-state index is 0.304. The first-order chi connectivity index (χ1) is 8.24. The SMILES string of the molecule is Fc1cccc(NC(=S)Nc2ccncc2)c1. The van der Waals surface area contributed by atoms with Gasteiger partial charge in [-0.25, -0.2) is 4.39 Å². The summed E-state index contributed by atoms with van der Waals surface area (Å²) in [6.45, 7) is 0. The van der Waals surface area contributed by atoms with Crippen LogP contribution < -0.4 is 10.6 Å². The van der Waals surface area contributed by atoms with Crippen LogP contribution in [0.3, 0.4) is 0 Å². The van der Waals surface area contributed by atoms with Gasteiger partial charge in [0.05, 0.1) is 0 Å². The summed E-state index contributed by atoms with van der Waals surface area (Å²) in [6, 6.07) is 9.69. The van der Waals surface area contributed by atoms with E-state index in [9.17, 15) is 4.39 Å². The molecule has 1 heterocycles. The van der Waals surface area contributed by atoms with E-state index >= 15 is 0 Å². The smallest absolute Gasteiger partial charge is 0.175 e. The van der Waals surface area contributed by atoms with E-state index in [1.165, 1.54) is 12.1 Å². The molecule has 0 unspecified atom stereocenters. The zero-order valence-electron chi connectivity index (χ0n) is 8.85. The fourth-order valence-electron chi connectivity index (χ4n) is 1.29. The van der Waals surface area contributed by atoms with E-state index in [2.05, 4.69) is 15.6 Å². The average molecular weight is 247 g/mol. The van der Waals surface area contributed by atoms with Gasteiger partial charge in [0, 0.05) is 23.8 Å². The van der Waals surface area contributed by atoms with Crippen LogP contribution in [0, 0.1) is 5.82 Å². The number of thiocarbonyl (C=S) groups is 1. The van der Waals surface area contributed by atoms with Crippen LogP contribution in [0.25, 0.3) is 0 Å². The van der Waals surface area contributed by atoms with Crippen LogP contribution >= 0.6 is 12.2 Å². The third-order valence-corrected chi connectivity index (χ3v) is 2.22. The fourth-order valence-corrected chi connectivity index (χ4v) is 1.53. The molecule has 0 aliphatic carbocycles. The molecule has 0 aliphatic heterocycles. The number of aromatic nitrogens is 1. The first-order valence-electron chi connectivity index (χ1n) is 4.97. The van der Waals surface area contributed by atoms with Crippen LogP contribution in [-0.2, 0) is 0 Å². The van der Waals surface area contributed by atoms with Crippen molar-refractivity contribution in [3.8, 4) is 0 Å². The Kier molecular flexibility index (Phi) is 3.62. The predicted octanol–water partition coefficient (Wildman–Crippen LogP) is 3.03. The van der Waals surface area contributed by atoms with Gasteiger partial charge in [0.25, 0.3) is 0 Å². The molecule has 3 nitrogen and oxygen atoms in total. The van der Waals surface area contributed by atoms with Gasteiger partial charge in [0.1, 0.15) is 5.82 Å². The van der Waals surface area contributed by atoms with Gasteiger partial charge in [0.15, 0.2) is 5.11 Å². The van der Waals surface area contributed by atoms with Gasteiger partial charge in [-0.1, -0.05) is 6.07 Å². The van der Waals surface area contributed by atoms with Crippen molar-refractivity contribution in [1.29, 1.82) is 0 Å². The van der Waals surface area contributed by atoms with E-state index in [1.807, 2.05) is 0 Å². The maximum Gasteiger partial charge on any atom is 0.175 e. The summed E-state index contributed by atoms with van der Waals surface area (Å²) in [5, 5.41) is 6.26. The lowest BCUT2D eigenvalue weighted by Crippen LogP contribution is -2.19. The highest BCUT2D eigenvalue weighted by atomic mass is 32.1. The van der Waals surface area contributed by atoms with E-state index < -0.39 is 0 Å². The molecule has 0 fully saturated rings. The van der Waals surface area contributed by atoms with Crippen molar-refractivity contribution in [2.45, 2.75) is 0 Å². The lowest BCUT2D eigenvalue weighted by molar-refractivity contribution is 0.628. The largest absolute Gasteiger partial charge is 0.332 e. The number of benzene rings is 1. The van der Waals surface area contributed by atoms with Crippen LogP contribution in [0.4, 0.5) is 15.8 Å². The Balaban J connectivity index is 1.98. The summed E-state index contributed by atoms with van der Waals surface area (Å²) in [5.74, 6) is -0.304. The number of hydrogen-bond acceptors (Lipinski definition) is 2. The maximum absolute atomic E-state index is 12.9. The van der Waals surface area contributed by atoms with Crippen LogP contribution in [-0.4, -0.2) is 10.1 Å². The Bertz CT molecular complexity index is 516. The molecule has 5 heteroatoms. The second-order valence-electron chi connectivity index (χ2n) is 3.33. The molecule has 0 bridgehead atoms. The highest BCUT2D eigenvalue weighted by Crippen LogP contribution is 2.10. The summed E-state index contributed by atoms with van der Waals surface area (Å²) in [4.78, 5) is 3.89. The molecule has 0 spiro atoms. The summed E-state index contributed by atoms with van der Waals surface area (Å²) < 4.78 is 12.9. The molecule has 17 heavy (non-hydrogen) atoms. The summed E-state index contributed by atoms with van der Waals surface area (Å²) in [7, 11) is 0. The fraction of sp³-hybridized carbons (Fsp3) is 0. The molecular weight excluding hydrogens is 237 g/mol. The molecule has 0 amide bonds. The average Bonchev–Trinajstić information content (AvgIpc) is 2.30. The number of anilines is 2. The summed E-state index contributed by atoms with van der Waals surface area (Å²) in [5.41, 5.74) is 1.44. The number of halogens is 1. The van der Waals surface area contributed by atoms with E-state index in [1.54, 1.807) is 36.7 Å². The molecule has 2 rings (SSSR count). The van der Waals surface area contributed by atoms with Crippen molar-refractivity contribution in [3.63, 3.8) is 0 Å². The van der Waals surface area contributed by atoms with Gasteiger partial charge < -0.3 is 10.6 Å². The number of rotatable bonds is 2. The second-order valence-corrected chi connectivity index (χ2v) is 3.73. The van der Waals surface area contributed by atoms with Gasteiger partial charge >= 0.3 is 0 Å². The normalized spacial score (nSPS) is 9.71. The maximum atomic E-state index is 12.9. The van der Waals surface area contributed by atoms with E-state index in [0.717, 1.165) is 5.69 Å². The molecule has 0 aliphatic rings. The number of nitrogens with zero attached hydrogens (tertiary/aromatic N) is 1. The standard InChI is InChI=1S/C12H10FN3S/c13-9-2-1-3-11(8-9)16-12(17)15-10-4-6-14-7-5-10/h1-8H,(H2,14,15,16,17). The molecule has 2 N–H and O–H groups in total. The van der Waals surface area contributed by atoms with E-state index in [0.29, 0.717) is 10.8 Å². The highest BCUT2D eigenvalue weighted by Gasteiger charge is 1.99. The third kappa shape index (κ3) is 3.49.